The summed E-state index contributed by atoms with van der Waals surface area (Å²) in [6.45, 7) is 4.48. The number of ether oxygens (including phenoxy) is 1. The molecule has 3 fully saturated rings. The zero-order valence-electron chi connectivity index (χ0n) is 13.7. The van der Waals surface area contributed by atoms with Gasteiger partial charge >= 0.3 is 0 Å². The molecule has 1 aromatic carbocycles. The maximum atomic E-state index is 14.2. The monoisotopic (exact) mass is 352 g/mol. The molecule has 1 N–H and O–H groups in total. The highest BCUT2D eigenvalue weighted by atomic mass is 35.5. The Morgan fingerprint density at radius 1 is 1.54 bits per heavy atom. The van der Waals surface area contributed by atoms with Crippen molar-refractivity contribution in [3.8, 4) is 0 Å². The lowest BCUT2D eigenvalue weighted by Gasteiger charge is -2.29. The van der Waals surface area contributed by atoms with E-state index in [2.05, 4.69) is 10.2 Å². The van der Waals surface area contributed by atoms with Crippen LogP contribution in [0.3, 0.4) is 0 Å². The Balaban J connectivity index is 1.48. The molecule has 1 spiro atoms. The summed E-state index contributed by atoms with van der Waals surface area (Å²) in [5, 5.41) is 3.12. The maximum absolute atomic E-state index is 14.2. The number of benzene rings is 1. The molecule has 0 saturated carbocycles. The SMILES string of the molecule is CC(=O)NC[C@H]1[C@H]2CN(Cc3cccc(Cl)c3F)C[C@]23CC[C@H]1O3. The van der Waals surface area contributed by atoms with Crippen molar-refractivity contribution in [3.63, 3.8) is 0 Å². The number of fused-ring (bicyclic) bond motifs is 1. The Hall–Kier alpha value is -1.17. The first kappa shape index (κ1) is 16.3. The lowest BCUT2D eigenvalue weighted by atomic mass is 9.73. The van der Waals surface area contributed by atoms with Gasteiger partial charge in [-0.3, -0.25) is 9.69 Å². The van der Waals surface area contributed by atoms with Crippen molar-refractivity contribution in [2.75, 3.05) is 19.6 Å². The number of nitrogens with zero attached hydrogens (tertiary/aromatic N) is 1. The molecule has 4 rings (SSSR count). The highest BCUT2D eigenvalue weighted by Crippen LogP contribution is 2.54. The summed E-state index contributed by atoms with van der Waals surface area (Å²) in [4.78, 5) is 13.5. The minimum absolute atomic E-state index is 0.00248. The number of hydrogen-bond donors (Lipinski definition) is 1. The molecule has 1 amide bonds. The molecule has 3 saturated heterocycles. The van der Waals surface area contributed by atoms with Gasteiger partial charge in [0.05, 0.1) is 16.7 Å². The number of likely N-dealkylation sites (tertiary alicyclic amines) is 1. The second kappa shape index (κ2) is 5.97. The minimum atomic E-state index is -0.325. The van der Waals surface area contributed by atoms with E-state index < -0.39 is 0 Å². The summed E-state index contributed by atoms with van der Waals surface area (Å²) < 4.78 is 20.5. The van der Waals surface area contributed by atoms with Crippen molar-refractivity contribution in [2.45, 2.75) is 38.0 Å². The van der Waals surface area contributed by atoms with E-state index >= 15 is 0 Å². The normalized spacial score (nSPS) is 34.5. The second-order valence-corrected chi connectivity index (χ2v) is 7.76. The van der Waals surface area contributed by atoms with E-state index in [-0.39, 0.29) is 28.5 Å². The highest BCUT2D eigenvalue weighted by Gasteiger charge is 2.62. The fraction of sp³-hybridized carbons (Fsp3) is 0.611. The van der Waals surface area contributed by atoms with Crippen LogP contribution >= 0.6 is 11.6 Å². The molecule has 3 heterocycles. The van der Waals surface area contributed by atoms with Crippen LogP contribution in [0.2, 0.25) is 5.02 Å². The Bertz CT molecular complexity index is 670. The lowest BCUT2D eigenvalue weighted by molar-refractivity contribution is -0.119. The van der Waals surface area contributed by atoms with E-state index in [9.17, 15) is 9.18 Å². The second-order valence-electron chi connectivity index (χ2n) is 7.35. The van der Waals surface area contributed by atoms with E-state index in [4.69, 9.17) is 16.3 Å². The quantitative estimate of drug-likeness (QED) is 0.905. The van der Waals surface area contributed by atoms with Gasteiger partial charge in [-0.05, 0) is 18.9 Å². The molecule has 3 aliphatic rings. The van der Waals surface area contributed by atoms with Gasteiger partial charge in [0.25, 0.3) is 0 Å². The third-order valence-electron chi connectivity index (χ3n) is 5.87. The summed E-state index contributed by atoms with van der Waals surface area (Å²) in [6, 6.07) is 5.16. The third kappa shape index (κ3) is 2.63. The number of carbonyl (C=O) groups is 1. The Morgan fingerprint density at radius 2 is 2.38 bits per heavy atom. The van der Waals surface area contributed by atoms with Crippen LogP contribution < -0.4 is 5.32 Å². The number of nitrogens with one attached hydrogen (secondary N) is 1. The van der Waals surface area contributed by atoms with E-state index in [0.717, 1.165) is 25.9 Å². The van der Waals surface area contributed by atoms with Gasteiger partial charge in [0.2, 0.25) is 5.91 Å². The minimum Gasteiger partial charge on any atom is -0.370 e. The molecule has 4 atom stereocenters. The first-order valence-corrected chi connectivity index (χ1v) is 8.94. The molecule has 3 aliphatic heterocycles. The van der Waals surface area contributed by atoms with Crippen LogP contribution in [0.4, 0.5) is 4.39 Å². The van der Waals surface area contributed by atoms with Crippen molar-refractivity contribution in [2.24, 2.45) is 11.8 Å². The van der Waals surface area contributed by atoms with Gasteiger partial charge in [-0.1, -0.05) is 23.7 Å². The van der Waals surface area contributed by atoms with Crippen LogP contribution in [0, 0.1) is 17.7 Å². The Labute approximate surface area is 146 Å². The van der Waals surface area contributed by atoms with Crippen molar-refractivity contribution >= 4 is 17.5 Å². The fourth-order valence-electron chi connectivity index (χ4n) is 4.85. The van der Waals surface area contributed by atoms with Crippen molar-refractivity contribution in [1.29, 1.82) is 0 Å². The van der Waals surface area contributed by atoms with Gasteiger partial charge in [0.1, 0.15) is 5.82 Å². The van der Waals surface area contributed by atoms with Crippen LogP contribution in [0.5, 0.6) is 0 Å². The Kier molecular flexibility index (Phi) is 4.06. The van der Waals surface area contributed by atoms with Crippen molar-refractivity contribution in [1.82, 2.24) is 10.2 Å². The van der Waals surface area contributed by atoms with Gasteiger partial charge in [-0.25, -0.2) is 4.39 Å². The number of halogens is 2. The van der Waals surface area contributed by atoms with E-state index in [0.29, 0.717) is 30.5 Å². The van der Waals surface area contributed by atoms with Gasteiger partial charge in [0, 0.05) is 50.5 Å². The standard InChI is InChI=1S/C18H22ClFN2O2/c1-11(23)21-7-13-14-9-22(10-18(14)6-5-16(13)24-18)8-12-3-2-4-15(19)17(12)20/h2-4,13-14,16H,5-10H2,1H3,(H,21,23)/t13-,14+,16+,18+/m0/s1. The topological polar surface area (TPSA) is 41.6 Å². The highest BCUT2D eigenvalue weighted by molar-refractivity contribution is 6.30. The molecule has 0 aromatic heterocycles. The molecule has 6 heteroatoms. The number of amides is 1. The summed E-state index contributed by atoms with van der Waals surface area (Å²) in [5.41, 5.74) is 0.523. The molecule has 130 valence electrons. The molecule has 0 aliphatic carbocycles. The van der Waals surface area contributed by atoms with E-state index in [1.807, 2.05) is 0 Å². The number of carbonyl (C=O) groups excluding carboxylic acids is 1. The molecule has 4 nitrogen and oxygen atoms in total. The number of hydrogen-bond acceptors (Lipinski definition) is 3. The summed E-state index contributed by atoms with van der Waals surface area (Å²) in [7, 11) is 0. The van der Waals surface area contributed by atoms with E-state index in [1.165, 1.54) is 0 Å². The Morgan fingerprint density at radius 3 is 3.17 bits per heavy atom. The largest absolute Gasteiger partial charge is 0.370 e. The predicted molar refractivity (Wildman–Crippen MR) is 89.2 cm³/mol. The van der Waals surface area contributed by atoms with Crippen LogP contribution in [-0.4, -0.2) is 42.1 Å². The van der Waals surface area contributed by atoms with Crippen molar-refractivity contribution in [3.05, 3.63) is 34.6 Å². The van der Waals surface area contributed by atoms with Gasteiger partial charge in [-0.15, -0.1) is 0 Å². The number of rotatable bonds is 4. The van der Waals surface area contributed by atoms with Gasteiger partial charge < -0.3 is 10.1 Å². The first-order chi connectivity index (χ1) is 11.5. The zero-order valence-corrected chi connectivity index (χ0v) is 14.5. The maximum Gasteiger partial charge on any atom is 0.216 e. The summed E-state index contributed by atoms with van der Waals surface area (Å²) in [5.74, 6) is 0.443. The molecular weight excluding hydrogens is 331 g/mol. The zero-order chi connectivity index (χ0) is 16.9. The predicted octanol–water partition coefficient (Wildman–Crippen LogP) is 2.59. The van der Waals surface area contributed by atoms with Crippen LogP contribution in [-0.2, 0) is 16.1 Å². The average Bonchev–Trinajstić information content (AvgIpc) is 3.17. The molecule has 0 radical (unpaired) electrons. The van der Waals surface area contributed by atoms with Crippen LogP contribution in [0.1, 0.15) is 25.3 Å². The molecule has 1 aromatic rings. The first-order valence-electron chi connectivity index (χ1n) is 8.56. The van der Waals surface area contributed by atoms with Crippen molar-refractivity contribution < 1.29 is 13.9 Å². The fourth-order valence-corrected chi connectivity index (χ4v) is 5.05. The molecule has 0 unspecified atom stereocenters. The van der Waals surface area contributed by atoms with Crippen LogP contribution in [0.15, 0.2) is 18.2 Å². The van der Waals surface area contributed by atoms with Gasteiger partial charge in [-0.2, -0.15) is 0 Å². The lowest BCUT2D eigenvalue weighted by Crippen LogP contribution is -2.41. The van der Waals surface area contributed by atoms with Gasteiger partial charge in [0.15, 0.2) is 0 Å². The molecular formula is C18H22ClFN2O2. The van der Waals surface area contributed by atoms with Crippen LogP contribution in [0.25, 0.3) is 0 Å². The molecule has 24 heavy (non-hydrogen) atoms. The van der Waals surface area contributed by atoms with E-state index in [1.54, 1.807) is 25.1 Å². The molecule has 2 bridgehead atoms. The third-order valence-corrected chi connectivity index (χ3v) is 6.16. The average molecular weight is 353 g/mol. The summed E-state index contributed by atoms with van der Waals surface area (Å²) in [6.07, 6.45) is 2.37. The smallest absolute Gasteiger partial charge is 0.216 e. The summed E-state index contributed by atoms with van der Waals surface area (Å²) >= 11 is 5.89.